The highest BCUT2D eigenvalue weighted by atomic mass is 16.5. The van der Waals surface area contributed by atoms with Gasteiger partial charge in [-0.05, 0) is 23.6 Å². The van der Waals surface area contributed by atoms with Gasteiger partial charge in [0.05, 0.1) is 5.97 Å². The molecule has 0 aliphatic rings. The van der Waals surface area contributed by atoms with Gasteiger partial charge < -0.3 is 24.9 Å². The van der Waals surface area contributed by atoms with Gasteiger partial charge in [0.2, 0.25) is 5.76 Å². The zero-order valence-corrected chi connectivity index (χ0v) is 10.4. The van der Waals surface area contributed by atoms with E-state index in [0.717, 1.165) is 6.07 Å². The summed E-state index contributed by atoms with van der Waals surface area (Å²) < 4.78 is 4.97. The van der Waals surface area contributed by atoms with Gasteiger partial charge >= 0.3 is 5.97 Å². The maximum atomic E-state index is 11.7. The number of aliphatic carboxylic acids is 1. The van der Waals surface area contributed by atoms with Gasteiger partial charge in [-0.15, -0.1) is 0 Å². The Kier molecular flexibility index (Phi) is 4.52. The lowest BCUT2D eigenvalue weighted by atomic mass is 10.2. The van der Waals surface area contributed by atoms with Gasteiger partial charge in [-0.1, -0.05) is 31.7 Å². The summed E-state index contributed by atoms with van der Waals surface area (Å²) in [5, 5.41) is 31.3. The van der Waals surface area contributed by atoms with Crippen molar-refractivity contribution in [1.29, 1.82) is 0 Å². The summed E-state index contributed by atoms with van der Waals surface area (Å²) in [7, 11) is 0. The van der Waals surface area contributed by atoms with E-state index in [4.69, 9.17) is 9.84 Å². The molecular formula is C13H12O6-2. The van der Waals surface area contributed by atoms with E-state index in [9.17, 15) is 19.8 Å². The normalized spacial score (nSPS) is 11.4. The summed E-state index contributed by atoms with van der Waals surface area (Å²) in [4.78, 5) is 21.6. The zero-order chi connectivity index (χ0) is 14.6. The molecule has 0 bridgehead atoms. The molecule has 0 spiro atoms. The number of allylic oxidation sites excluding steroid dienone is 1. The standard InChI is InChI=1S/C13H14O6/c1-7(2)6-10(13(17)18)19-9-5-3-4-8(11(9)14)12(15)16/h3-7,14H,1-2H3,(H,15,16)(H,17,18)/p-2/b10-6-. The summed E-state index contributed by atoms with van der Waals surface area (Å²) in [5.41, 5.74) is -0.577. The third kappa shape index (κ3) is 3.74. The Bertz CT molecular complexity index is 530. The summed E-state index contributed by atoms with van der Waals surface area (Å²) in [5.74, 6) is -4.80. The smallest absolute Gasteiger partial charge is 0.371 e. The van der Waals surface area contributed by atoms with Crippen molar-refractivity contribution < 1.29 is 29.6 Å². The second kappa shape index (κ2) is 5.90. The third-order valence-corrected chi connectivity index (χ3v) is 2.11. The number of carboxylic acid groups (broad SMARTS) is 2. The number of carboxylic acids is 2. The van der Waals surface area contributed by atoms with Gasteiger partial charge in [-0.25, -0.2) is 4.79 Å². The molecule has 6 heteroatoms. The zero-order valence-electron chi connectivity index (χ0n) is 10.4. The predicted octanol–water partition coefficient (Wildman–Crippen LogP) is 0.127. The molecule has 0 aliphatic heterocycles. The van der Waals surface area contributed by atoms with Crippen LogP contribution in [-0.4, -0.2) is 17.0 Å². The Morgan fingerprint density at radius 2 is 2.00 bits per heavy atom. The fraction of sp³-hybridized carbons (Fsp3) is 0.231. The molecule has 0 aromatic heterocycles. The van der Waals surface area contributed by atoms with Crippen LogP contribution in [0.1, 0.15) is 24.2 Å². The topological polar surface area (TPSA) is 110 Å². The molecule has 1 aromatic rings. The minimum atomic E-state index is -1.64. The molecule has 1 rings (SSSR count). The van der Waals surface area contributed by atoms with E-state index < -0.39 is 29.0 Å². The number of rotatable bonds is 5. The number of aromatic carboxylic acids is 1. The quantitative estimate of drug-likeness (QED) is 0.597. The van der Waals surface area contributed by atoms with Gasteiger partial charge in [-0.3, -0.25) is 0 Å². The summed E-state index contributed by atoms with van der Waals surface area (Å²) in [6.45, 7) is 3.48. The molecular weight excluding hydrogens is 252 g/mol. The molecule has 102 valence electrons. The Morgan fingerprint density at radius 1 is 1.37 bits per heavy atom. The van der Waals surface area contributed by atoms with E-state index in [1.165, 1.54) is 18.2 Å². The molecule has 0 aliphatic carbocycles. The monoisotopic (exact) mass is 264 g/mol. The van der Waals surface area contributed by atoms with Crippen molar-refractivity contribution in [3.8, 4) is 11.5 Å². The predicted molar refractivity (Wildman–Crippen MR) is 61.4 cm³/mol. The van der Waals surface area contributed by atoms with E-state index in [-0.39, 0.29) is 11.7 Å². The molecule has 6 nitrogen and oxygen atoms in total. The Balaban J connectivity index is 3.14. The Morgan fingerprint density at radius 3 is 2.47 bits per heavy atom. The minimum Gasteiger partial charge on any atom is -0.870 e. The first-order chi connectivity index (χ1) is 8.82. The van der Waals surface area contributed by atoms with Crippen LogP contribution in [0.3, 0.4) is 0 Å². The van der Waals surface area contributed by atoms with Crippen LogP contribution in [-0.2, 0) is 4.79 Å². The third-order valence-electron chi connectivity index (χ3n) is 2.11. The van der Waals surface area contributed by atoms with Crippen molar-refractivity contribution >= 4 is 11.9 Å². The van der Waals surface area contributed by atoms with Crippen LogP contribution in [0, 0.1) is 5.92 Å². The van der Waals surface area contributed by atoms with Crippen molar-refractivity contribution in [2.75, 3.05) is 0 Å². The fourth-order valence-electron chi connectivity index (χ4n) is 1.33. The first-order valence-corrected chi connectivity index (χ1v) is 5.47. The summed E-state index contributed by atoms with van der Waals surface area (Å²) in [6.07, 6.45) is 1.31. The molecule has 0 fully saturated rings. The average molecular weight is 264 g/mol. The number of benzene rings is 1. The van der Waals surface area contributed by atoms with Crippen molar-refractivity contribution in [3.05, 3.63) is 35.6 Å². The molecule has 1 N–H and O–H groups in total. The highest BCUT2D eigenvalue weighted by molar-refractivity contribution is 5.90. The van der Waals surface area contributed by atoms with Crippen molar-refractivity contribution in [1.82, 2.24) is 0 Å². The SMILES string of the molecule is CC(C)/C=C(\Oc1cccc(C(=O)[O-])c1[O-])C(=O)O. The fourth-order valence-corrected chi connectivity index (χ4v) is 1.33. The lowest BCUT2D eigenvalue weighted by molar-refractivity contribution is -0.277. The van der Waals surface area contributed by atoms with Crippen molar-refractivity contribution in [2.45, 2.75) is 13.8 Å². The summed E-state index contributed by atoms with van der Waals surface area (Å²) >= 11 is 0. The molecule has 0 saturated carbocycles. The average Bonchev–Trinajstić information content (AvgIpc) is 2.29. The second-order valence-corrected chi connectivity index (χ2v) is 4.10. The maximum Gasteiger partial charge on any atom is 0.371 e. The van der Waals surface area contributed by atoms with Gasteiger partial charge in [0.15, 0.2) is 0 Å². The highest BCUT2D eigenvalue weighted by Gasteiger charge is 2.12. The lowest BCUT2D eigenvalue weighted by Gasteiger charge is -2.19. The van der Waals surface area contributed by atoms with E-state index in [1.54, 1.807) is 13.8 Å². The number of carbonyl (C=O) groups excluding carboxylic acids is 1. The van der Waals surface area contributed by atoms with E-state index in [0.29, 0.717) is 0 Å². The highest BCUT2D eigenvalue weighted by Crippen LogP contribution is 2.28. The minimum absolute atomic E-state index is 0.106. The van der Waals surface area contributed by atoms with Crippen LogP contribution in [0.5, 0.6) is 11.5 Å². The van der Waals surface area contributed by atoms with Crippen molar-refractivity contribution in [2.24, 2.45) is 5.92 Å². The van der Waals surface area contributed by atoms with Crippen LogP contribution in [0.4, 0.5) is 0 Å². The first-order valence-electron chi connectivity index (χ1n) is 5.47. The molecule has 0 atom stereocenters. The van der Waals surface area contributed by atoms with Gasteiger partial charge in [-0.2, -0.15) is 0 Å². The molecule has 1 aromatic carbocycles. The molecule has 0 amide bonds. The van der Waals surface area contributed by atoms with Crippen LogP contribution in [0.25, 0.3) is 0 Å². The number of carbonyl (C=O) groups is 2. The maximum absolute atomic E-state index is 11.7. The van der Waals surface area contributed by atoms with Crippen LogP contribution in [0.15, 0.2) is 30.0 Å². The molecule has 0 saturated heterocycles. The number of ether oxygens (including phenoxy) is 1. The largest absolute Gasteiger partial charge is 0.870 e. The first kappa shape index (κ1) is 14.6. The molecule has 19 heavy (non-hydrogen) atoms. The van der Waals surface area contributed by atoms with E-state index in [1.807, 2.05) is 0 Å². The van der Waals surface area contributed by atoms with Crippen LogP contribution < -0.4 is 14.9 Å². The van der Waals surface area contributed by atoms with Gasteiger partial charge in [0.1, 0.15) is 5.75 Å². The van der Waals surface area contributed by atoms with Gasteiger partial charge in [0, 0.05) is 0 Å². The van der Waals surface area contributed by atoms with Crippen molar-refractivity contribution in [3.63, 3.8) is 0 Å². The van der Waals surface area contributed by atoms with Crippen LogP contribution >= 0.6 is 0 Å². The lowest BCUT2D eigenvalue weighted by Crippen LogP contribution is -2.24. The van der Waals surface area contributed by atoms with Gasteiger partial charge in [0.25, 0.3) is 0 Å². The Labute approximate surface area is 109 Å². The second-order valence-electron chi connectivity index (χ2n) is 4.10. The number of para-hydroxylation sites is 1. The number of hydrogen-bond acceptors (Lipinski definition) is 5. The molecule has 0 heterocycles. The number of hydrogen-bond donors (Lipinski definition) is 1. The van der Waals surface area contributed by atoms with E-state index >= 15 is 0 Å². The Hall–Kier alpha value is -2.50. The van der Waals surface area contributed by atoms with E-state index in [2.05, 4.69) is 0 Å². The molecule has 0 radical (unpaired) electrons. The van der Waals surface area contributed by atoms with Crippen LogP contribution in [0.2, 0.25) is 0 Å². The summed E-state index contributed by atoms with van der Waals surface area (Å²) in [6, 6.07) is 3.54. The molecule has 0 unspecified atom stereocenters.